The van der Waals surface area contributed by atoms with Gasteiger partial charge in [0.25, 0.3) is 0 Å². The van der Waals surface area contributed by atoms with Crippen LogP contribution < -0.4 is 54.4 Å². The third-order valence-electron chi connectivity index (χ3n) is 6.83. The van der Waals surface area contributed by atoms with Crippen LogP contribution in [-0.2, 0) is 27.3 Å². The number of anilines is 2. The summed E-state index contributed by atoms with van der Waals surface area (Å²) in [5.41, 5.74) is 3.33. The van der Waals surface area contributed by atoms with Crippen LogP contribution in [0.1, 0.15) is 24.5 Å². The van der Waals surface area contributed by atoms with Gasteiger partial charge in [-0.25, -0.2) is 4.79 Å². The Labute approximate surface area is 286 Å². The zero-order valence-electron chi connectivity index (χ0n) is 27.5. The van der Waals surface area contributed by atoms with Gasteiger partial charge in [0.05, 0.1) is 46.4 Å². The third-order valence-corrected chi connectivity index (χ3v) is 6.83. The van der Waals surface area contributed by atoms with Gasteiger partial charge in [-0.05, 0) is 53.9 Å². The Balaban J connectivity index is 0.00000529. The maximum Gasteiger partial charge on any atom is 1.00 e. The van der Waals surface area contributed by atoms with Crippen LogP contribution in [0.3, 0.4) is 0 Å². The topological polar surface area (TPSA) is 147 Å². The number of carboxylic acid groups (broad SMARTS) is 1. The monoisotopic (exact) mass is 630 g/mol. The number of carbonyl (C=O) groups is 4. The molecule has 3 rings (SSSR count). The molecule has 0 heterocycles. The molecule has 0 aliphatic heterocycles. The summed E-state index contributed by atoms with van der Waals surface area (Å²) in [6.07, 6.45) is -0.277. The summed E-state index contributed by atoms with van der Waals surface area (Å²) in [5.74, 6) is -0.415. The molecule has 0 atom stereocenters. The van der Waals surface area contributed by atoms with Crippen molar-refractivity contribution in [1.82, 2.24) is 9.80 Å². The van der Waals surface area contributed by atoms with Crippen molar-refractivity contribution >= 4 is 35.2 Å². The minimum Gasteiger partial charge on any atom is -1.00 e. The van der Waals surface area contributed by atoms with Crippen LogP contribution in [-0.4, -0.2) is 80.2 Å². The number of benzene rings is 3. The zero-order valence-corrected chi connectivity index (χ0v) is 28.5. The smallest absolute Gasteiger partial charge is 1.00 e. The first-order chi connectivity index (χ1) is 21.0. The number of likely N-dealkylation sites (N-methyl/N-ethyl adjacent to an activating group) is 1. The largest absolute Gasteiger partial charge is 1.00 e. The summed E-state index contributed by atoms with van der Waals surface area (Å²) in [4.78, 5) is 52.8. The first-order valence-electron chi connectivity index (χ1n) is 13.8. The van der Waals surface area contributed by atoms with E-state index in [0.717, 1.165) is 5.56 Å². The Hall–Kier alpha value is -4.26. The van der Waals surface area contributed by atoms with Gasteiger partial charge in [0, 0.05) is 25.8 Å². The van der Waals surface area contributed by atoms with Crippen LogP contribution in [0.2, 0.25) is 0 Å². The van der Waals surface area contributed by atoms with E-state index in [1.807, 2.05) is 25.1 Å². The first kappa shape index (κ1) is 36.9. The molecule has 0 aliphatic rings. The molecular formula is C32H39N4NaO8. The number of carboxylic acids is 1. The van der Waals surface area contributed by atoms with Gasteiger partial charge in [0.15, 0.2) is 11.5 Å². The summed E-state index contributed by atoms with van der Waals surface area (Å²) in [5, 5.41) is 14.8. The summed E-state index contributed by atoms with van der Waals surface area (Å²) < 4.78 is 16.0. The predicted molar refractivity (Wildman–Crippen MR) is 166 cm³/mol. The van der Waals surface area contributed by atoms with E-state index in [2.05, 4.69) is 10.6 Å². The summed E-state index contributed by atoms with van der Waals surface area (Å²) in [6.45, 7) is 1.73. The molecule has 4 amide bonds. The van der Waals surface area contributed by atoms with E-state index in [1.54, 1.807) is 42.5 Å². The van der Waals surface area contributed by atoms with E-state index in [1.165, 1.54) is 38.2 Å². The van der Waals surface area contributed by atoms with Crippen molar-refractivity contribution in [1.29, 1.82) is 0 Å². The molecule has 3 aromatic rings. The summed E-state index contributed by atoms with van der Waals surface area (Å²) in [7, 11) is 5.98. The molecule has 0 bridgehead atoms. The number of ether oxygens (including phenoxy) is 3. The average molecular weight is 631 g/mol. The second-order valence-corrected chi connectivity index (χ2v) is 10.0. The van der Waals surface area contributed by atoms with Crippen LogP contribution in [0.15, 0.2) is 60.7 Å². The number of amides is 4. The Bertz CT molecular complexity index is 1510. The number of nitrogens with one attached hydrogen (secondary N) is 2. The number of para-hydroxylation sites is 1. The van der Waals surface area contributed by atoms with Crippen molar-refractivity contribution in [2.75, 3.05) is 52.1 Å². The number of nitrogens with zero attached hydrogens (tertiary/aromatic N) is 2. The van der Waals surface area contributed by atoms with E-state index >= 15 is 0 Å². The van der Waals surface area contributed by atoms with Gasteiger partial charge in [-0.15, -0.1) is 0 Å². The van der Waals surface area contributed by atoms with Crippen LogP contribution in [0.5, 0.6) is 17.2 Å². The molecule has 3 N–H and O–H groups in total. The maximum absolute atomic E-state index is 13.2. The third kappa shape index (κ3) is 11.0. The number of hydrogen-bond acceptors (Lipinski definition) is 7. The molecule has 13 heteroatoms. The van der Waals surface area contributed by atoms with Gasteiger partial charge in [0.2, 0.25) is 11.8 Å². The number of aliphatic carboxylic acids is 1. The number of hydrogen-bond donors (Lipinski definition) is 3. The molecule has 0 fully saturated rings. The number of methoxy groups -OCH3 is 3. The van der Waals surface area contributed by atoms with Crippen molar-refractivity contribution in [3.63, 3.8) is 0 Å². The number of rotatable bonds is 14. The van der Waals surface area contributed by atoms with Gasteiger partial charge in [-0.1, -0.05) is 30.3 Å². The van der Waals surface area contributed by atoms with Crippen molar-refractivity contribution in [3.05, 3.63) is 77.4 Å². The van der Waals surface area contributed by atoms with Crippen LogP contribution in [0, 0.1) is 6.92 Å². The fourth-order valence-electron chi connectivity index (χ4n) is 4.36. The van der Waals surface area contributed by atoms with Gasteiger partial charge in [-0.3, -0.25) is 14.4 Å². The molecule has 0 spiro atoms. The zero-order chi connectivity index (χ0) is 32.2. The number of aryl methyl sites for hydroxylation is 1. The van der Waals surface area contributed by atoms with E-state index in [-0.39, 0.29) is 69.4 Å². The van der Waals surface area contributed by atoms with E-state index in [0.29, 0.717) is 39.8 Å². The fourth-order valence-corrected chi connectivity index (χ4v) is 4.36. The molecule has 0 radical (unpaired) electrons. The van der Waals surface area contributed by atoms with E-state index in [9.17, 15) is 24.3 Å². The van der Waals surface area contributed by atoms with Gasteiger partial charge in [-0.2, -0.15) is 0 Å². The molecule has 0 aromatic heterocycles. The quantitative estimate of drug-likeness (QED) is 0.226. The minimum absolute atomic E-state index is 0. The molecular weight excluding hydrogens is 591 g/mol. The second-order valence-electron chi connectivity index (χ2n) is 10.0. The van der Waals surface area contributed by atoms with Gasteiger partial charge in [0.1, 0.15) is 5.75 Å². The molecule has 0 saturated heterocycles. The molecule has 3 aromatic carbocycles. The van der Waals surface area contributed by atoms with Crippen molar-refractivity contribution in [3.8, 4) is 17.2 Å². The fraction of sp³-hybridized carbons (Fsp3) is 0.312. The molecule has 0 saturated carbocycles. The van der Waals surface area contributed by atoms with Crippen LogP contribution in [0.4, 0.5) is 16.2 Å². The van der Waals surface area contributed by atoms with E-state index in [4.69, 9.17) is 14.2 Å². The predicted octanol–water partition coefficient (Wildman–Crippen LogP) is 1.29. The van der Waals surface area contributed by atoms with Crippen LogP contribution >= 0.6 is 0 Å². The normalized spacial score (nSPS) is 10.2. The molecule has 236 valence electrons. The number of carbonyl (C=O) groups excluding carboxylic acids is 3. The summed E-state index contributed by atoms with van der Waals surface area (Å²) in [6, 6.07) is 17.1. The Morgan fingerprint density at radius 2 is 1.42 bits per heavy atom. The minimum atomic E-state index is -1.04. The number of urea groups is 1. The van der Waals surface area contributed by atoms with Crippen molar-refractivity contribution < 1.29 is 69.5 Å². The molecule has 0 unspecified atom stereocenters. The first-order valence-corrected chi connectivity index (χ1v) is 13.8. The molecule has 45 heavy (non-hydrogen) atoms. The van der Waals surface area contributed by atoms with Gasteiger partial charge >= 0.3 is 41.6 Å². The SMILES string of the molecule is COc1cc(CC(=O)N(C)CC(=O)N(CCC(=O)O)Cc2ccc(OC)c(OC)c2)ccc1NC(=O)Nc1ccccc1C.[H-].[Na+]. The average Bonchev–Trinajstić information content (AvgIpc) is 3.00. The van der Waals surface area contributed by atoms with Crippen molar-refractivity contribution in [2.24, 2.45) is 0 Å². The van der Waals surface area contributed by atoms with Gasteiger partial charge < -0.3 is 41.2 Å². The molecule has 0 aliphatic carbocycles. The van der Waals surface area contributed by atoms with Crippen LogP contribution in [0.25, 0.3) is 0 Å². The Morgan fingerprint density at radius 1 is 0.800 bits per heavy atom. The Kier molecular flexibility index (Phi) is 14.7. The molecule has 12 nitrogen and oxygen atoms in total. The maximum atomic E-state index is 13.2. The summed E-state index contributed by atoms with van der Waals surface area (Å²) >= 11 is 0. The second kappa shape index (κ2) is 17.9. The standard InChI is InChI=1S/C32H38N4O8.Na.H/c1-21-8-6-7-9-24(21)33-32(41)34-25-12-10-22(16-27(25)43-4)18-29(37)35(2)20-30(38)36(15-14-31(39)40)19-23-11-13-26(42-3)28(17-23)44-5;;/h6-13,16-17H,14-15,18-20H2,1-5H3,(H,39,40)(H2,33,34,41);;/q;+1;-1. The van der Waals surface area contributed by atoms with Crippen molar-refractivity contribution in [2.45, 2.75) is 26.3 Å². The van der Waals surface area contributed by atoms with E-state index < -0.39 is 17.9 Å². The Morgan fingerprint density at radius 3 is 2.07 bits per heavy atom.